The normalized spacial score (nSPS) is 30.3. The molecule has 2 aliphatic heterocycles. The summed E-state index contributed by atoms with van der Waals surface area (Å²) >= 11 is 0. The minimum atomic E-state index is -0.735. The number of carbonyl (C=O) groups is 1. The molecule has 2 heterocycles. The van der Waals surface area contributed by atoms with Crippen molar-refractivity contribution in [1.82, 2.24) is 20.7 Å². The van der Waals surface area contributed by atoms with Crippen molar-refractivity contribution in [3.8, 4) is 0 Å². The molecule has 2 rings (SSSR count). The Kier molecular flexibility index (Phi) is 3.53. The zero-order valence-corrected chi connectivity index (χ0v) is 8.78. The lowest BCUT2D eigenvalue weighted by atomic mass is 10.2. The van der Waals surface area contributed by atoms with Crippen molar-refractivity contribution >= 4 is 5.97 Å². The molecule has 0 aliphatic carbocycles. The van der Waals surface area contributed by atoms with Gasteiger partial charge in [-0.25, -0.2) is 10.0 Å². The van der Waals surface area contributed by atoms with Crippen molar-refractivity contribution in [2.45, 2.75) is 6.04 Å². The van der Waals surface area contributed by atoms with Crippen molar-refractivity contribution in [3.63, 3.8) is 0 Å². The summed E-state index contributed by atoms with van der Waals surface area (Å²) in [6.45, 7) is 5.89. The van der Waals surface area contributed by atoms with E-state index in [2.05, 4.69) is 15.6 Å². The Morgan fingerprint density at radius 2 is 1.80 bits per heavy atom. The molecule has 86 valence electrons. The second-order valence-electron chi connectivity index (χ2n) is 3.92. The van der Waals surface area contributed by atoms with Crippen LogP contribution in [0.15, 0.2) is 0 Å². The zero-order valence-electron chi connectivity index (χ0n) is 8.78. The third-order valence-electron chi connectivity index (χ3n) is 2.96. The van der Waals surface area contributed by atoms with Gasteiger partial charge in [0.1, 0.15) is 6.04 Å². The maximum absolute atomic E-state index is 11.1. The molecule has 2 fully saturated rings. The first kappa shape index (κ1) is 10.8. The molecule has 0 aromatic rings. The van der Waals surface area contributed by atoms with Crippen LogP contribution >= 0.6 is 0 Å². The molecule has 1 atom stereocenters. The van der Waals surface area contributed by atoms with Crippen molar-refractivity contribution in [1.29, 1.82) is 0 Å². The Bertz CT molecular complexity index is 230. The smallest absolute Gasteiger partial charge is 0.323 e. The Hall–Kier alpha value is -0.690. The Labute approximate surface area is 89.2 Å². The van der Waals surface area contributed by atoms with Crippen molar-refractivity contribution in [2.75, 3.05) is 45.8 Å². The van der Waals surface area contributed by atoms with Gasteiger partial charge in [0.15, 0.2) is 0 Å². The summed E-state index contributed by atoms with van der Waals surface area (Å²) in [4.78, 5) is 11.1. The molecule has 0 spiro atoms. The summed E-state index contributed by atoms with van der Waals surface area (Å²) in [5.41, 5.74) is 0. The average molecular weight is 214 g/mol. The first-order chi connectivity index (χ1) is 7.29. The number of piperazine rings is 2. The van der Waals surface area contributed by atoms with Crippen LogP contribution in [0.2, 0.25) is 0 Å². The van der Waals surface area contributed by atoms with Crippen LogP contribution in [-0.4, -0.2) is 72.9 Å². The van der Waals surface area contributed by atoms with Crippen LogP contribution < -0.4 is 10.6 Å². The standard InChI is InChI=1S/C9H18N4O2/c14-9(15)8-7-11-3-6-13(8)12-4-1-10-2-5-12/h8,10-11H,1-7H2,(H,14,15). The van der Waals surface area contributed by atoms with E-state index in [0.29, 0.717) is 6.54 Å². The monoisotopic (exact) mass is 214 g/mol. The van der Waals surface area contributed by atoms with Gasteiger partial charge in [-0.3, -0.25) is 4.79 Å². The number of nitrogens with one attached hydrogen (secondary N) is 2. The molecule has 6 heteroatoms. The Morgan fingerprint density at radius 3 is 2.47 bits per heavy atom. The van der Waals surface area contributed by atoms with Gasteiger partial charge in [-0.1, -0.05) is 0 Å². The van der Waals surface area contributed by atoms with E-state index in [9.17, 15) is 4.79 Å². The van der Waals surface area contributed by atoms with Crippen molar-refractivity contribution in [3.05, 3.63) is 0 Å². The first-order valence-electron chi connectivity index (χ1n) is 5.45. The highest BCUT2D eigenvalue weighted by atomic mass is 16.4. The molecule has 15 heavy (non-hydrogen) atoms. The molecule has 1 unspecified atom stereocenters. The average Bonchev–Trinajstić information content (AvgIpc) is 2.30. The number of hydrazine groups is 1. The molecule has 0 aromatic carbocycles. The summed E-state index contributed by atoms with van der Waals surface area (Å²) in [6, 6.07) is -0.406. The first-order valence-corrected chi connectivity index (χ1v) is 5.45. The molecular formula is C9H18N4O2. The van der Waals surface area contributed by atoms with Gasteiger partial charge in [0.25, 0.3) is 0 Å². The van der Waals surface area contributed by atoms with E-state index < -0.39 is 12.0 Å². The van der Waals surface area contributed by atoms with Crippen LogP contribution in [-0.2, 0) is 4.79 Å². The van der Waals surface area contributed by atoms with Crippen molar-refractivity contribution < 1.29 is 9.90 Å². The molecule has 2 saturated heterocycles. The lowest BCUT2D eigenvalue weighted by molar-refractivity contribution is -0.156. The molecule has 6 nitrogen and oxygen atoms in total. The number of carboxylic acid groups (broad SMARTS) is 1. The number of rotatable bonds is 2. The molecule has 0 aromatic heterocycles. The molecule has 0 radical (unpaired) electrons. The van der Waals surface area contributed by atoms with E-state index in [1.54, 1.807) is 0 Å². The van der Waals surface area contributed by atoms with Gasteiger partial charge in [-0.15, -0.1) is 0 Å². The quantitative estimate of drug-likeness (QED) is 0.502. The summed E-state index contributed by atoms with van der Waals surface area (Å²) < 4.78 is 0. The van der Waals surface area contributed by atoms with Gasteiger partial charge in [0.05, 0.1) is 0 Å². The van der Waals surface area contributed by atoms with Crippen LogP contribution in [0, 0.1) is 0 Å². The SMILES string of the molecule is O=C(O)C1CNCCN1N1CCNCC1. The molecular weight excluding hydrogens is 196 g/mol. The van der Waals surface area contributed by atoms with Crippen LogP contribution in [0.1, 0.15) is 0 Å². The van der Waals surface area contributed by atoms with E-state index in [0.717, 1.165) is 39.3 Å². The predicted molar refractivity (Wildman–Crippen MR) is 55.4 cm³/mol. The number of hydrogen-bond acceptors (Lipinski definition) is 5. The van der Waals surface area contributed by atoms with E-state index in [-0.39, 0.29) is 0 Å². The van der Waals surface area contributed by atoms with E-state index in [4.69, 9.17) is 5.11 Å². The van der Waals surface area contributed by atoms with Gasteiger partial charge >= 0.3 is 5.97 Å². The van der Waals surface area contributed by atoms with E-state index in [1.807, 2.05) is 5.01 Å². The minimum Gasteiger partial charge on any atom is -0.480 e. The number of carboxylic acids is 1. The second-order valence-corrected chi connectivity index (χ2v) is 3.92. The summed E-state index contributed by atoms with van der Waals surface area (Å²) in [5.74, 6) is -0.735. The highest BCUT2D eigenvalue weighted by molar-refractivity contribution is 5.73. The molecule has 2 aliphatic rings. The van der Waals surface area contributed by atoms with Gasteiger partial charge in [-0.05, 0) is 0 Å². The fraction of sp³-hybridized carbons (Fsp3) is 0.889. The van der Waals surface area contributed by atoms with Gasteiger partial charge in [-0.2, -0.15) is 0 Å². The topological polar surface area (TPSA) is 67.8 Å². The summed E-state index contributed by atoms with van der Waals surface area (Å²) in [6.07, 6.45) is 0. The van der Waals surface area contributed by atoms with Crippen LogP contribution in [0.25, 0.3) is 0 Å². The van der Waals surface area contributed by atoms with Gasteiger partial charge < -0.3 is 15.7 Å². The number of hydrogen-bond donors (Lipinski definition) is 3. The minimum absolute atomic E-state index is 0.406. The zero-order chi connectivity index (χ0) is 10.7. The predicted octanol–water partition coefficient (Wildman–Crippen LogP) is -1.83. The lowest BCUT2D eigenvalue weighted by Gasteiger charge is -2.43. The third-order valence-corrected chi connectivity index (χ3v) is 2.96. The van der Waals surface area contributed by atoms with Crippen molar-refractivity contribution in [2.24, 2.45) is 0 Å². The van der Waals surface area contributed by atoms with E-state index >= 15 is 0 Å². The van der Waals surface area contributed by atoms with Crippen LogP contribution in [0.5, 0.6) is 0 Å². The van der Waals surface area contributed by atoms with E-state index in [1.165, 1.54) is 0 Å². The van der Waals surface area contributed by atoms with Gasteiger partial charge in [0.2, 0.25) is 0 Å². The maximum atomic E-state index is 11.1. The number of aliphatic carboxylic acids is 1. The Balaban J connectivity index is 1.99. The lowest BCUT2D eigenvalue weighted by Crippen LogP contribution is -2.64. The number of nitrogens with zero attached hydrogens (tertiary/aromatic N) is 2. The molecule has 0 saturated carbocycles. The third kappa shape index (κ3) is 2.46. The van der Waals surface area contributed by atoms with Crippen LogP contribution in [0.4, 0.5) is 0 Å². The molecule has 3 N–H and O–H groups in total. The Morgan fingerprint density at radius 1 is 1.13 bits per heavy atom. The van der Waals surface area contributed by atoms with Crippen LogP contribution in [0.3, 0.4) is 0 Å². The fourth-order valence-electron chi connectivity index (χ4n) is 2.16. The second kappa shape index (κ2) is 4.89. The fourth-order valence-corrected chi connectivity index (χ4v) is 2.16. The molecule has 0 amide bonds. The highest BCUT2D eigenvalue weighted by Crippen LogP contribution is 2.09. The summed E-state index contributed by atoms with van der Waals surface area (Å²) in [5, 5.41) is 19.7. The van der Waals surface area contributed by atoms with Gasteiger partial charge in [0, 0.05) is 45.8 Å². The summed E-state index contributed by atoms with van der Waals surface area (Å²) in [7, 11) is 0. The molecule has 0 bridgehead atoms. The maximum Gasteiger partial charge on any atom is 0.323 e. The largest absolute Gasteiger partial charge is 0.480 e. The highest BCUT2D eigenvalue weighted by Gasteiger charge is 2.32.